The lowest BCUT2D eigenvalue weighted by atomic mass is 10.1. The number of ether oxygens (including phenoxy) is 1. The molecule has 0 unspecified atom stereocenters. The third-order valence-electron chi connectivity index (χ3n) is 1.71. The van der Waals surface area contributed by atoms with Gasteiger partial charge in [-0.3, -0.25) is 4.90 Å². The highest BCUT2D eigenvalue weighted by Gasteiger charge is 2.35. The molecule has 0 bridgehead atoms. The maximum Gasteiger partial charge on any atom is 0.411 e. The van der Waals surface area contributed by atoms with Gasteiger partial charge in [-0.2, -0.15) is 5.26 Å². The van der Waals surface area contributed by atoms with Gasteiger partial charge in [0, 0.05) is 0 Å². The first kappa shape index (κ1) is 7.86. The normalized spacial score (nSPS) is 17.9. The first-order valence-corrected chi connectivity index (χ1v) is 3.43. The van der Waals surface area contributed by atoms with Crippen molar-refractivity contribution in [2.75, 3.05) is 13.2 Å². The molecule has 0 N–H and O–H groups in total. The summed E-state index contributed by atoms with van der Waals surface area (Å²) in [7, 11) is 0. The predicted octanol–water partition coefficient (Wildman–Crippen LogP) is 0.741. The largest absolute Gasteiger partial charge is 0.447 e. The van der Waals surface area contributed by atoms with Crippen LogP contribution in [0.3, 0.4) is 0 Å². The number of nitriles is 1. The van der Waals surface area contributed by atoms with Crippen molar-refractivity contribution in [2.24, 2.45) is 0 Å². The van der Waals surface area contributed by atoms with Gasteiger partial charge in [-0.05, 0) is 13.8 Å². The third kappa shape index (κ3) is 1.27. The van der Waals surface area contributed by atoms with Crippen LogP contribution in [0.25, 0.3) is 0 Å². The number of rotatable bonds is 1. The van der Waals surface area contributed by atoms with Crippen LogP contribution >= 0.6 is 0 Å². The molecule has 1 aliphatic rings. The van der Waals surface area contributed by atoms with E-state index in [-0.39, 0.29) is 0 Å². The van der Waals surface area contributed by atoms with E-state index in [4.69, 9.17) is 5.26 Å². The first-order chi connectivity index (χ1) is 5.08. The lowest BCUT2D eigenvalue weighted by Gasteiger charge is -2.25. The molecule has 0 spiro atoms. The molecule has 1 heterocycles. The predicted molar refractivity (Wildman–Crippen MR) is 37.7 cm³/mol. The van der Waals surface area contributed by atoms with E-state index in [0.717, 1.165) is 0 Å². The molecule has 1 saturated heterocycles. The van der Waals surface area contributed by atoms with Crippen molar-refractivity contribution in [3.05, 3.63) is 0 Å². The second-order valence-electron chi connectivity index (χ2n) is 2.94. The zero-order chi connectivity index (χ0) is 8.48. The van der Waals surface area contributed by atoms with Crippen LogP contribution < -0.4 is 0 Å². The number of amides is 1. The Balaban J connectivity index is 2.76. The number of carbonyl (C=O) groups is 1. The zero-order valence-electron chi connectivity index (χ0n) is 6.63. The van der Waals surface area contributed by atoms with Crippen molar-refractivity contribution in [3.8, 4) is 6.07 Å². The Morgan fingerprint density at radius 3 is 2.73 bits per heavy atom. The topological polar surface area (TPSA) is 53.3 Å². The van der Waals surface area contributed by atoms with Crippen molar-refractivity contribution in [1.29, 1.82) is 5.26 Å². The van der Waals surface area contributed by atoms with Gasteiger partial charge in [0.25, 0.3) is 0 Å². The minimum absolute atomic E-state index is 0.392. The SMILES string of the molecule is CC(C)(C#N)N1CCOC1=O. The van der Waals surface area contributed by atoms with Crippen molar-refractivity contribution < 1.29 is 9.53 Å². The van der Waals surface area contributed by atoms with E-state index in [1.54, 1.807) is 13.8 Å². The molecule has 0 aliphatic carbocycles. The van der Waals surface area contributed by atoms with Gasteiger partial charge in [-0.15, -0.1) is 0 Å². The summed E-state index contributed by atoms with van der Waals surface area (Å²) < 4.78 is 4.69. The Labute approximate surface area is 65.4 Å². The monoisotopic (exact) mass is 154 g/mol. The van der Waals surface area contributed by atoms with Crippen LogP contribution in [0.1, 0.15) is 13.8 Å². The smallest absolute Gasteiger partial charge is 0.411 e. The van der Waals surface area contributed by atoms with Gasteiger partial charge < -0.3 is 4.74 Å². The summed E-state index contributed by atoms with van der Waals surface area (Å²) in [4.78, 5) is 12.4. The van der Waals surface area contributed by atoms with Gasteiger partial charge in [0.15, 0.2) is 0 Å². The lowest BCUT2D eigenvalue weighted by Crippen LogP contribution is -2.43. The summed E-state index contributed by atoms with van der Waals surface area (Å²) in [6, 6.07) is 2.04. The molecule has 1 rings (SSSR count). The van der Waals surface area contributed by atoms with Crippen LogP contribution in [0.2, 0.25) is 0 Å². The van der Waals surface area contributed by atoms with E-state index >= 15 is 0 Å². The van der Waals surface area contributed by atoms with E-state index in [2.05, 4.69) is 4.74 Å². The number of carbonyl (C=O) groups excluding carboxylic acids is 1. The van der Waals surface area contributed by atoms with Crippen LogP contribution in [-0.2, 0) is 4.74 Å². The Bertz CT molecular complexity index is 217. The summed E-state index contributed by atoms with van der Waals surface area (Å²) in [5.74, 6) is 0. The van der Waals surface area contributed by atoms with Gasteiger partial charge in [0.1, 0.15) is 12.1 Å². The Morgan fingerprint density at radius 1 is 1.73 bits per heavy atom. The van der Waals surface area contributed by atoms with Crippen LogP contribution in [0.4, 0.5) is 4.79 Å². The molecule has 0 aromatic rings. The summed E-state index contributed by atoms with van der Waals surface area (Å²) >= 11 is 0. The molecule has 11 heavy (non-hydrogen) atoms. The quantitative estimate of drug-likeness (QED) is 0.559. The highest BCUT2D eigenvalue weighted by atomic mass is 16.6. The molecule has 0 aromatic carbocycles. The van der Waals surface area contributed by atoms with Crippen molar-refractivity contribution in [2.45, 2.75) is 19.4 Å². The van der Waals surface area contributed by atoms with E-state index in [0.29, 0.717) is 13.2 Å². The third-order valence-corrected chi connectivity index (χ3v) is 1.71. The average molecular weight is 154 g/mol. The van der Waals surface area contributed by atoms with E-state index in [9.17, 15) is 4.79 Å². The van der Waals surface area contributed by atoms with Crippen molar-refractivity contribution >= 4 is 6.09 Å². The van der Waals surface area contributed by atoms with Gasteiger partial charge in [-0.1, -0.05) is 0 Å². The molecule has 4 nitrogen and oxygen atoms in total. The number of cyclic esters (lactones) is 1. The van der Waals surface area contributed by atoms with E-state index in [1.165, 1.54) is 4.90 Å². The summed E-state index contributed by atoms with van der Waals surface area (Å²) in [5, 5.41) is 8.67. The fourth-order valence-corrected chi connectivity index (χ4v) is 0.962. The lowest BCUT2D eigenvalue weighted by molar-refractivity contribution is 0.141. The highest BCUT2D eigenvalue weighted by molar-refractivity contribution is 5.70. The standard InChI is InChI=1S/C7H10N2O2/c1-7(2,5-8)9-3-4-11-6(9)10/h3-4H2,1-2H3. The Hall–Kier alpha value is -1.24. The summed E-state index contributed by atoms with van der Waals surface area (Å²) in [5.41, 5.74) is -0.742. The maximum absolute atomic E-state index is 10.9. The molecule has 60 valence electrons. The highest BCUT2D eigenvalue weighted by Crippen LogP contribution is 2.17. The van der Waals surface area contributed by atoms with Crippen LogP contribution in [0, 0.1) is 11.3 Å². The minimum Gasteiger partial charge on any atom is -0.447 e. The second kappa shape index (κ2) is 2.42. The van der Waals surface area contributed by atoms with Crippen LogP contribution in [0.5, 0.6) is 0 Å². The van der Waals surface area contributed by atoms with Crippen molar-refractivity contribution in [1.82, 2.24) is 4.90 Å². The van der Waals surface area contributed by atoms with Gasteiger partial charge in [0.2, 0.25) is 0 Å². The zero-order valence-corrected chi connectivity index (χ0v) is 6.63. The van der Waals surface area contributed by atoms with Crippen LogP contribution in [-0.4, -0.2) is 29.7 Å². The van der Waals surface area contributed by atoms with Gasteiger partial charge in [0.05, 0.1) is 12.6 Å². The fraction of sp³-hybridized carbons (Fsp3) is 0.714. The average Bonchev–Trinajstić information content (AvgIpc) is 2.36. The molecule has 4 heteroatoms. The number of hydrogen-bond donors (Lipinski definition) is 0. The summed E-state index contributed by atoms with van der Waals surface area (Å²) in [6.45, 7) is 4.29. The number of nitrogens with zero attached hydrogens (tertiary/aromatic N) is 2. The Kier molecular flexibility index (Phi) is 1.73. The molecular weight excluding hydrogens is 144 g/mol. The van der Waals surface area contributed by atoms with E-state index < -0.39 is 11.6 Å². The molecule has 0 saturated carbocycles. The Morgan fingerprint density at radius 2 is 2.36 bits per heavy atom. The number of hydrogen-bond acceptors (Lipinski definition) is 3. The molecule has 1 fully saturated rings. The molecule has 0 radical (unpaired) electrons. The van der Waals surface area contributed by atoms with Gasteiger partial charge in [-0.25, -0.2) is 4.79 Å². The molecule has 1 aliphatic heterocycles. The van der Waals surface area contributed by atoms with Crippen molar-refractivity contribution in [3.63, 3.8) is 0 Å². The minimum atomic E-state index is -0.742. The molecule has 0 atom stereocenters. The second-order valence-corrected chi connectivity index (χ2v) is 2.94. The van der Waals surface area contributed by atoms with Crippen LogP contribution in [0.15, 0.2) is 0 Å². The molecule has 1 amide bonds. The molecular formula is C7H10N2O2. The van der Waals surface area contributed by atoms with E-state index in [1.807, 2.05) is 6.07 Å². The van der Waals surface area contributed by atoms with Gasteiger partial charge >= 0.3 is 6.09 Å². The molecule has 0 aromatic heterocycles. The maximum atomic E-state index is 10.9. The first-order valence-electron chi connectivity index (χ1n) is 3.43. The fourth-order valence-electron chi connectivity index (χ4n) is 0.962. The summed E-state index contributed by atoms with van der Waals surface area (Å²) in [6.07, 6.45) is -0.392.